The van der Waals surface area contributed by atoms with Crippen molar-refractivity contribution in [3.63, 3.8) is 0 Å². The molecule has 0 aliphatic carbocycles. The zero-order chi connectivity index (χ0) is 20.6. The molecular formula is C21H24N4O3. The minimum absolute atomic E-state index is 0.143. The van der Waals surface area contributed by atoms with Gasteiger partial charge in [-0.3, -0.25) is 4.79 Å². The number of carbonyl (C=O) groups is 2. The molecule has 146 valence electrons. The first-order chi connectivity index (χ1) is 13.2. The van der Waals surface area contributed by atoms with Crippen molar-refractivity contribution in [1.29, 1.82) is 0 Å². The SMILES string of the molecule is Cc1cccc(C(NC(=O)c2cc3cnn(C(C)C)c3nc2C)C(=O)O)c1C. The topological polar surface area (TPSA) is 97.1 Å². The number of fused-ring (bicyclic) bond motifs is 1. The molecule has 0 fully saturated rings. The van der Waals surface area contributed by atoms with Gasteiger partial charge in [0.2, 0.25) is 0 Å². The molecule has 1 amide bonds. The number of carboxylic acid groups (broad SMARTS) is 1. The Kier molecular flexibility index (Phi) is 5.18. The lowest BCUT2D eigenvalue weighted by Gasteiger charge is -2.19. The molecule has 1 aromatic carbocycles. The van der Waals surface area contributed by atoms with E-state index in [9.17, 15) is 14.7 Å². The zero-order valence-electron chi connectivity index (χ0n) is 16.6. The van der Waals surface area contributed by atoms with Crippen LogP contribution in [0.25, 0.3) is 11.0 Å². The third-order valence-electron chi connectivity index (χ3n) is 4.97. The Balaban J connectivity index is 1.97. The second kappa shape index (κ2) is 7.42. The summed E-state index contributed by atoms with van der Waals surface area (Å²) in [6, 6.07) is 6.14. The molecule has 0 spiro atoms. The summed E-state index contributed by atoms with van der Waals surface area (Å²) in [7, 11) is 0. The average Bonchev–Trinajstić information content (AvgIpc) is 3.04. The van der Waals surface area contributed by atoms with Crippen molar-refractivity contribution in [3.05, 3.63) is 58.4 Å². The average molecular weight is 380 g/mol. The third-order valence-corrected chi connectivity index (χ3v) is 4.97. The van der Waals surface area contributed by atoms with Crippen molar-refractivity contribution < 1.29 is 14.7 Å². The second-order valence-corrected chi connectivity index (χ2v) is 7.25. The van der Waals surface area contributed by atoms with Gasteiger partial charge < -0.3 is 10.4 Å². The van der Waals surface area contributed by atoms with Gasteiger partial charge in [0, 0.05) is 11.4 Å². The second-order valence-electron chi connectivity index (χ2n) is 7.25. The van der Waals surface area contributed by atoms with E-state index in [4.69, 9.17) is 0 Å². The van der Waals surface area contributed by atoms with Crippen LogP contribution in [0.1, 0.15) is 58.7 Å². The standard InChI is InChI=1S/C21H24N4O3/c1-11(2)25-19-15(10-22-25)9-17(14(5)23-19)20(26)24-18(21(27)28)16-8-6-7-12(3)13(16)4/h6-11,18H,1-5H3,(H,24,26)(H,27,28). The van der Waals surface area contributed by atoms with Crippen LogP contribution in [0.5, 0.6) is 0 Å². The van der Waals surface area contributed by atoms with E-state index in [1.165, 1.54) is 0 Å². The Bertz CT molecular complexity index is 1070. The number of aryl methyl sites for hydroxylation is 2. The van der Waals surface area contributed by atoms with Gasteiger partial charge in [-0.15, -0.1) is 0 Å². The summed E-state index contributed by atoms with van der Waals surface area (Å²) in [6.45, 7) is 9.51. The molecule has 0 saturated carbocycles. The van der Waals surface area contributed by atoms with Crippen molar-refractivity contribution in [2.24, 2.45) is 0 Å². The number of hydrogen-bond acceptors (Lipinski definition) is 4. The number of carboxylic acids is 1. The largest absolute Gasteiger partial charge is 0.479 e. The smallest absolute Gasteiger partial charge is 0.330 e. The summed E-state index contributed by atoms with van der Waals surface area (Å²) >= 11 is 0. The molecule has 2 N–H and O–H groups in total. The number of nitrogens with one attached hydrogen (secondary N) is 1. The van der Waals surface area contributed by atoms with Crippen molar-refractivity contribution >= 4 is 22.9 Å². The first kappa shape index (κ1) is 19.5. The molecule has 1 unspecified atom stereocenters. The van der Waals surface area contributed by atoms with Gasteiger partial charge >= 0.3 is 5.97 Å². The summed E-state index contributed by atoms with van der Waals surface area (Å²) in [5.74, 6) is -1.58. The summed E-state index contributed by atoms with van der Waals surface area (Å²) in [5.41, 5.74) is 3.95. The first-order valence-corrected chi connectivity index (χ1v) is 9.15. The van der Waals surface area contributed by atoms with Crippen LogP contribution in [0.4, 0.5) is 0 Å². The monoisotopic (exact) mass is 380 g/mol. The fourth-order valence-corrected chi connectivity index (χ4v) is 3.24. The minimum atomic E-state index is -1.14. The van der Waals surface area contributed by atoms with Crippen LogP contribution in [0.2, 0.25) is 0 Å². The van der Waals surface area contributed by atoms with E-state index in [1.807, 2.05) is 33.8 Å². The number of hydrogen-bond donors (Lipinski definition) is 2. The van der Waals surface area contributed by atoms with Gasteiger partial charge in [-0.2, -0.15) is 5.10 Å². The Labute approximate surface area is 163 Å². The highest BCUT2D eigenvalue weighted by molar-refractivity contribution is 6.00. The Hall–Kier alpha value is -3.22. The van der Waals surface area contributed by atoms with E-state index in [-0.39, 0.29) is 6.04 Å². The third kappa shape index (κ3) is 3.47. The van der Waals surface area contributed by atoms with Gasteiger partial charge in [0.25, 0.3) is 5.91 Å². The van der Waals surface area contributed by atoms with Crippen LogP contribution in [0.3, 0.4) is 0 Å². The van der Waals surface area contributed by atoms with Gasteiger partial charge in [0.05, 0.1) is 17.5 Å². The highest BCUT2D eigenvalue weighted by atomic mass is 16.4. The zero-order valence-corrected chi connectivity index (χ0v) is 16.6. The Morgan fingerprint density at radius 1 is 1.18 bits per heavy atom. The summed E-state index contributed by atoms with van der Waals surface area (Å²) < 4.78 is 1.79. The Morgan fingerprint density at radius 3 is 2.54 bits per heavy atom. The van der Waals surface area contributed by atoms with E-state index in [0.29, 0.717) is 22.5 Å². The van der Waals surface area contributed by atoms with E-state index in [2.05, 4.69) is 15.4 Å². The molecule has 2 heterocycles. The summed E-state index contributed by atoms with van der Waals surface area (Å²) in [4.78, 5) is 29.3. The van der Waals surface area contributed by atoms with Crippen LogP contribution in [-0.2, 0) is 4.79 Å². The van der Waals surface area contributed by atoms with Crippen molar-refractivity contribution in [1.82, 2.24) is 20.1 Å². The number of aliphatic carboxylic acids is 1. The Morgan fingerprint density at radius 2 is 1.89 bits per heavy atom. The van der Waals surface area contributed by atoms with E-state index in [1.54, 1.807) is 36.0 Å². The van der Waals surface area contributed by atoms with Gasteiger partial charge in [-0.25, -0.2) is 14.5 Å². The van der Waals surface area contributed by atoms with Crippen LogP contribution in [0.15, 0.2) is 30.5 Å². The maximum absolute atomic E-state index is 12.9. The van der Waals surface area contributed by atoms with E-state index >= 15 is 0 Å². The molecule has 3 rings (SSSR count). The summed E-state index contributed by atoms with van der Waals surface area (Å²) in [6.07, 6.45) is 1.66. The normalized spacial score (nSPS) is 12.4. The molecule has 0 aliphatic heterocycles. The number of benzene rings is 1. The predicted molar refractivity (Wildman–Crippen MR) is 106 cm³/mol. The van der Waals surface area contributed by atoms with Gasteiger partial charge in [0.15, 0.2) is 11.7 Å². The summed E-state index contributed by atoms with van der Waals surface area (Å²) in [5, 5.41) is 17.4. The lowest BCUT2D eigenvalue weighted by molar-refractivity contribution is -0.139. The highest BCUT2D eigenvalue weighted by Gasteiger charge is 2.26. The van der Waals surface area contributed by atoms with E-state index < -0.39 is 17.9 Å². The predicted octanol–water partition coefficient (Wildman–Crippen LogP) is 3.49. The highest BCUT2D eigenvalue weighted by Crippen LogP contribution is 2.23. The number of aromatic nitrogens is 3. The lowest BCUT2D eigenvalue weighted by atomic mass is 9.97. The molecular weight excluding hydrogens is 356 g/mol. The van der Waals surface area contributed by atoms with Crippen molar-refractivity contribution in [2.45, 2.75) is 46.7 Å². The number of carbonyl (C=O) groups excluding carboxylic acids is 1. The fraction of sp³-hybridized carbons (Fsp3) is 0.333. The number of amides is 1. The number of nitrogens with zero attached hydrogens (tertiary/aromatic N) is 3. The quantitative estimate of drug-likeness (QED) is 0.706. The van der Waals surface area contributed by atoms with E-state index in [0.717, 1.165) is 16.5 Å². The van der Waals surface area contributed by atoms with Gasteiger partial charge in [-0.1, -0.05) is 18.2 Å². The molecule has 28 heavy (non-hydrogen) atoms. The van der Waals surface area contributed by atoms with Crippen molar-refractivity contribution in [3.8, 4) is 0 Å². The molecule has 1 atom stereocenters. The molecule has 0 bridgehead atoms. The minimum Gasteiger partial charge on any atom is -0.479 e. The molecule has 0 aliphatic rings. The van der Waals surface area contributed by atoms with Crippen LogP contribution in [-0.4, -0.2) is 31.7 Å². The fourth-order valence-electron chi connectivity index (χ4n) is 3.24. The first-order valence-electron chi connectivity index (χ1n) is 9.15. The molecule has 3 aromatic rings. The van der Waals surface area contributed by atoms with Gasteiger partial charge in [-0.05, 0) is 57.4 Å². The molecule has 0 radical (unpaired) electrons. The molecule has 2 aromatic heterocycles. The van der Waals surface area contributed by atoms with Crippen molar-refractivity contribution in [2.75, 3.05) is 0 Å². The molecule has 0 saturated heterocycles. The maximum Gasteiger partial charge on any atom is 0.330 e. The molecule has 7 nitrogen and oxygen atoms in total. The number of rotatable bonds is 5. The van der Waals surface area contributed by atoms with Crippen LogP contribution < -0.4 is 5.32 Å². The van der Waals surface area contributed by atoms with Gasteiger partial charge in [0.1, 0.15) is 0 Å². The maximum atomic E-state index is 12.9. The van der Waals surface area contributed by atoms with Crippen LogP contribution in [0, 0.1) is 20.8 Å². The lowest BCUT2D eigenvalue weighted by Crippen LogP contribution is -2.34. The molecule has 7 heteroatoms. The van der Waals surface area contributed by atoms with Crippen LogP contribution >= 0.6 is 0 Å². The number of pyridine rings is 1.